The van der Waals surface area contributed by atoms with Crippen LogP contribution in [0.5, 0.6) is 0 Å². The molecule has 137 heavy (non-hydrogen) atoms. The van der Waals surface area contributed by atoms with Gasteiger partial charge >= 0.3 is 6.03 Å². The van der Waals surface area contributed by atoms with E-state index in [0.717, 1.165) is 198 Å². The Morgan fingerprint density at radius 3 is 1.04 bits per heavy atom. The molecule has 5 aliphatic carbocycles. The predicted molar refractivity (Wildman–Crippen MR) is 582 cm³/mol. The van der Waals surface area contributed by atoms with Gasteiger partial charge in [-0.15, -0.1) is 0 Å². The Kier molecular flexibility index (Phi) is 64.8. The van der Waals surface area contributed by atoms with Crippen LogP contribution in [0.15, 0.2) is 0 Å². The van der Waals surface area contributed by atoms with E-state index in [0.29, 0.717) is 67.0 Å². The quantitative estimate of drug-likeness (QED) is 0.0471. The number of piperidine rings is 7. The third-order valence-corrected chi connectivity index (χ3v) is 37.4. The summed E-state index contributed by atoms with van der Waals surface area (Å²) in [5.41, 5.74) is 11.4. The molecule has 0 aromatic rings. The lowest BCUT2D eigenvalue weighted by Gasteiger charge is -2.34. The summed E-state index contributed by atoms with van der Waals surface area (Å²) in [6.07, 6.45) is 39.7. The largest absolute Gasteiger partial charge is 0.354 e. The summed E-state index contributed by atoms with van der Waals surface area (Å²) < 4.78 is 76.2. The Labute approximate surface area is 846 Å². The Hall–Kier alpha value is -2.42. The monoisotopic (exact) mass is 2000 g/mol. The van der Waals surface area contributed by atoms with Crippen molar-refractivity contribution in [1.29, 1.82) is 0 Å². The van der Waals surface area contributed by atoms with Gasteiger partial charge in [-0.25, -0.2) is 35.4 Å². The summed E-state index contributed by atoms with van der Waals surface area (Å²) in [4.78, 5) is 47.8. The van der Waals surface area contributed by atoms with Crippen LogP contribution in [0.25, 0.3) is 0 Å². The highest BCUT2D eigenvalue weighted by Gasteiger charge is 2.36. The smallest absolute Gasteiger partial charge is 0.314 e. The molecule has 812 valence electrons. The summed E-state index contributed by atoms with van der Waals surface area (Å²) in [5.74, 6) is 15.5. The minimum Gasteiger partial charge on any atom is -0.354 e. The normalized spacial score (nSPS) is 25.1. The van der Waals surface area contributed by atoms with Crippen LogP contribution in [0.4, 0.5) is 4.79 Å². The maximum atomic E-state index is 11.6. The van der Waals surface area contributed by atoms with Gasteiger partial charge in [0.1, 0.15) is 0 Å². The standard InChI is InChI=1S/C12H23N.C11H22N2O.C11H21NO.C11H21N.2C10H21NO2S.C10H19NO.C9H20N2O2S.C9H20N2.2C8H18N2/c1-10(2)12-5-7-13(8-6-12)9-11-3-4-11;1-8(2)9-4-6-10(7-5-9)13-11(14)12-3;1-8(2)10-4-6-11(7-5-10)12-9(3)13;1-9(2)10-5-7-12(8-6-10)11-3-4-11;1-8(2)9-4-6-10(7-5-9)11-14(3,12)13;1-4-14(12,13)11-7-5-10(6-8-11)9(2)3;1-8(2)10-4-6-11(7-5-10)9(3)12;1-8(2)9-4-6-11(7-5-9)14(12,13)10-3;1-8(2)11-5-3-9(7-10)4-6-11;1-7(2)10-5-3-8(9)4-6-10;1-8(2)10-6-3-4-9-5-7-10/h10-12H,3-9H2,1-2H3;8-10H,4-7H2,1-3H3,(H2,12,13,14);8,10-11H,4-7H2,1-3H3,(H,12,13);9-11H,3-8H2,1-2H3;8-11H,4-7H2,1-3H3;9-10H,4-8H2,1-3H3;8,10H,4-7H2,1-3H3;8-10H,4-7H2,1-3H3;8-9H,3-7,10H2,1-2H3;7-8H,3-6,9H2,1-2H3;8-9H,3-7H2,1-2H3. The van der Waals surface area contributed by atoms with Crippen LogP contribution < -0.4 is 42.2 Å². The third-order valence-electron chi connectivity index (χ3n) is 33.2. The van der Waals surface area contributed by atoms with E-state index in [1.807, 2.05) is 4.90 Å². The van der Waals surface area contributed by atoms with E-state index in [4.69, 9.17) is 11.5 Å². The van der Waals surface area contributed by atoms with Crippen LogP contribution in [0.2, 0.25) is 0 Å². The molecule has 25 nitrogen and oxygen atoms in total. The summed E-state index contributed by atoms with van der Waals surface area (Å²) in [5, 5.41) is 12.0. The first-order valence-electron chi connectivity index (χ1n) is 56.4. The first-order valence-corrected chi connectivity index (χ1v) is 61.4. The van der Waals surface area contributed by atoms with Crippen molar-refractivity contribution in [3.63, 3.8) is 0 Å². The molecule has 13 rings (SSSR count). The van der Waals surface area contributed by atoms with Crippen molar-refractivity contribution in [1.82, 2.24) is 68.7 Å². The van der Waals surface area contributed by atoms with Gasteiger partial charge in [-0.3, -0.25) is 14.5 Å². The number of hydrogen-bond acceptors (Lipinski definition) is 17. The number of sulfonamides is 2. The van der Waals surface area contributed by atoms with Crippen molar-refractivity contribution in [3.8, 4) is 0 Å². The average molecular weight is 2000 g/mol. The van der Waals surface area contributed by atoms with E-state index in [1.165, 1.54) is 231 Å². The van der Waals surface area contributed by atoms with Crippen molar-refractivity contribution < 1.29 is 39.6 Å². The van der Waals surface area contributed by atoms with Crippen molar-refractivity contribution in [2.75, 3.05) is 157 Å². The fourth-order valence-corrected chi connectivity index (χ4v) is 24.7. The van der Waals surface area contributed by atoms with Gasteiger partial charge in [-0.1, -0.05) is 111 Å². The van der Waals surface area contributed by atoms with Gasteiger partial charge in [0.05, 0.1) is 12.0 Å². The highest BCUT2D eigenvalue weighted by molar-refractivity contribution is 7.89. The van der Waals surface area contributed by atoms with Crippen LogP contribution >= 0.6 is 0 Å². The molecule has 8 saturated heterocycles. The molecule has 0 atom stereocenters. The highest BCUT2D eigenvalue weighted by Crippen LogP contribution is 2.37. The predicted octanol–water partition coefficient (Wildman–Crippen LogP) is 18.5. The molecule has 0 spiro atoms. The molecule has 10 N–H and O–H groups in total. The molecule has 13 fully saturated rings. The first-order chi connectivity index (χ1) is 64.4. The molecule has 0 radical (unpaired) electrons. The number of carbonyl (C=O) groups excluding carboxylic acids is 3. The lowest BCUT2D eigenvalue weighted by atomic mass is 9.80. The van der Waals surface area contributed by atoms with Gasteiger partial charge in [0.25, 0.3) is 10.2 Å². The number of nitrogens with zero attached hydrogens (tertiary/aromatic N) is 8. The molecule has 8 aliphatic heterocycles. The van der Waals surface area contributed by atoms with Crippen molar-refractivity contribution in [2.45, 2.75) is 420 Å². The van der Waals surface area contributed by atoms with E-state index in [2.05, 4.69) is 208 Å². The van der Waals surface area contributed by atoms with Gasteiger partial charge < -0.3 is 57.2 Å². The van der Waals surface area contributed by atoms with Crippen molar-refractivity contribution in [2.24, 2.45) is 118 Å². The molecule has 0 aromatic carbocycles. The lowest BCUT2D eigenvalue weighted by molar-refractivity contribution is -0.130. The third kappa shape index (κ3) is 55.8. The first kappa shape index (κ1) is 129. The number of carbonyl (C=O) groups is 3. The maximum absolute atomic E-state index is 11.6. The molecule has 13 aliphatic rings. The summed E-state index contributed by atoms with van der Waals surface area (Å²) >= 11 is 0. The fourth-order valence-electron chi connectivity index (χ4n) is 21.8. The number of rotatable bonds is 23. The molecule has 4 amide bonds. The van der Waals surface area contributed by atoms with E-state index in [9.17, 15) is 39.6 Å². The highest BCUT2D eigenvalue weighted by atomic mass is 32.2. The summed E-state index contributed by atoms with van der Waals surface area (Å²) in [7, 11) is -6.01. The Bertz CT molecular complexity index is 3340. The molecule has 0 bridgehead atoms. The Morgan fingerprint density at radius 2 is 0.715 bits per heavy atom. The summed E-state index contributed by atoms with van der Waals surface area (Å²) in [6, 6.07) is 4.59. The second-order valence-corrected chi connectivity index (χ2v) is 53.1. The average Bonchev–Trinajstić information content (AvgIpc) is 1.29. The molecule has 0 aromatic heterocycles. The zero-order valence-electron chi connectivity index (χ0n) is 93.9. The van der Waals surface area contributed by atoms with Crippen LogP contribution in [0.3, 0.4) is 0 Å². The molecule has 28 heteroatoms. The van der Waals surface area contributed by atoms with Crippen LogP contribution in [-0.2, 0) is 39.8 Å². The molecule has 8 heterocycles. The molecule has 0 unspecified atom stereocenters. The second kappa shape index (κ2) is 68.9. The van der Waals surface area contributed by atoms with Crippen LogP contribution in [0, 0.1) is 107 Å². The minimum atomic E-state index is -3.19. The topological polar surface area (TPSA) is 304 Å². The second-order valence-electron chi connectivity index (χ2n) is 47.2. The zero-order valence-corrected chi connectivity index (χ0v) is 96.4. The number of hydrogen-bond donors (Lipinski definition) is 8. The number of amides is 4. The van der Waals surface area contributed by atoms with Crippen LogP contribution in [-0.4, -0.2) is 286 Å². The zero-order chi connectivity index (χ0) is 103. The number of nitrogens with two attached hydrogens (primary N) is 2. The van der Waals surface area contributed by atoms with Gasteiger partial charge in [-0.05, 0) is 426 Å². The van der Waals surface area contributed by atoms with Crippen LogP contribution in [0.1, 0.15) is 372 Å². The SMILES string of the molecule is CC(=O)N1CCC(C(C)C)CC1.CC(=O)NC1CCC(C(C)C)CC1.CC(C)C1CCC(NS(C)(=O)=O)CC1.CC(C)C1CCN(C2CC2)CC1.CC(C)C1CCN(CC2CC2)CC1.CC(C)N1CCC(CN)CC1.CC(C)N1CCC(N)CC1.CC(C)N1CCCNCC1.CCS(=O)(=O)N1CCC(C(C)C)CC1.CNC(=O)NC1CCC(C(C)C)CC1.CNS(=O)(=O)N1CCC(C(C)C)CC1. The van der Waals surface area contributed by atoms with Gasteiger partial charge in [0, 0.05) is 135 Å². The molecular weight excluding hydrogens is 1770 g/mol. The number of nitrogens with one attached hydrogen (secondary N) is 6. The van der Waals surface area contributed by atoms with E-state index in [1.54, 1.807) is 32.1 Å². The fraction of sp³-hybridized carbons (Fsp3) is 0.972. The van der Waals surface area contributed by atoms with Gasteiger partial charge in [-0.2, -0.15) is 12.7 Å². The number of urea groups is 1. The van der Waals surface area contributed by atoms with Gasteiger partial charge in [0.2, 0.25) is 31.9 Å². The maximum Gasteiger partial charge on any atom is 0.314 e. The summed E-state index contributed by atoms with van der Waals surface area (Å²) in [6.45, 7) is 77.3. The van der Waals surface area contributed by atoms with E-state index < -0.39 is 30.3 Å². The van der Waals surface area contributed by atoms with E-state index >= 15 is 0 Å². The van der Waals surface area contributed by atoms with Crippen molar-refractivity contribution >= 4 is 48.1 Å². The Morgan fingerprint density at radius 1 is 0.372 bits per heavy atom. The molecular formula is C109H224N16O9S3. The minimum absolute atomic E-state index is 0.0435. The Balaban J connectivity index is 0.000000388. The molecule has 5 saturated carbocycles. The van der Waals surface area contributed by atoms with E-state index in [-0.39, 0.29) is 29.6 Å². The van der Waals surface area contributed by atoms with Gasteiger partial charge in [0.15, 0.2) is 0 Å². The van der Waals surface area contributed by atoms with Crippen molar-refractivity contribution in [3.05, 3.63) is 0 Å². The lowest BCUT2D eigenvalue weighted by Crippen LogP contribution is -2.44. The number of likely N-dealkylation sites (tertiary alicyclic amines) is 5.